The Kier molecular flexibility index (Phi) is 7.50. The molecule has 0 spiro atoms. The van der Waals surface area contributed by atoms with Gasteiger partial charge in [-0.1, -0.05) is 25.1 Å². The molecular weight excluding hydrogens is 438 g/mol. The van der Waals surface area contributed by atoms with Crippen molar-refractivity contribution in [2.75, 3.05) is 25.3 Å². The molecule has 0 fully saturated rings. The molecule has 11 heteroatoms. The number of carbonyl (C=O) groups is 1. The quantitative estimate of drug-likeness (QED) is 0.380. The van der Waals surface area contributed by atoms with Crippen molar-refractivity contribution in [3.63, 3.8) is 0 Å². The number of thiophene rings is 1. The summed E-state index contributed by atoms with van der Waals surface area (Å²) in [5.41, 5.74) is 0.922. The van der Waals surface area contributed by atoms with Gasteiger partial charge < -0.3 is 9.47 Å². The molecule has 3 aromatic heterocycles. The van der Waals surface area contributed by atoms with E-state index in [1.54, 1.807) is 4.57 Å². The van der Waals surface area contributed by atoms with Crippen LogP contribution in [0.2, 0.25) is 0 Å². The molecule has 0 aliphatic heterocycles. The number of fused-ring (bicyclic) bond motifs is 1. The zero-order valence-corrected chi connectivity index (χ0v) is 19.8. The van der Waals surface area contributed by atoms with E-state index in [2.05, 4.69) is 22.2 Å². The minimum absolute atomic E-state index is 0.0518. The van der Waals surface area contributed by atoms with E-state index in [-0.39, 0.29) is 34.9 Å². The lowest BCUT2D eigenvalue weighted by molar-refractivity contribution is -0.113. The molecule has 0 bridgehead atoms. The van der Waals surface area contributed by atoms with Crippen LogP contribution in [0.4, 0.5) is 5.95 Å². The van der Waals surface area contributed by atoms with Gasteiger partial charge in [0.2, 0.25) is 23.6 Å². The molecule has 1 N–H and O–H groups in total. The predicted molar refractivity (Wildman–Crippen MR) is 123 cm³/mol. The summed E-state index contributed by atoms with van der Waals surface area (Å²) in [6, 6.07) is 1.51. The number of nitrogens with zero attached hydrogens (tertiary/aromatic N) is 4. The Morgan fingerprint density at radius 1 is 1.19 bits per heavy atom. The third kappa shape index (κ3) is 5.16. The molecule has 0 saturated carbocycles. The Balaban J connectivity index is 1.82. The highest BCUT2D eigenvalue weighted by molar-refractivity contribution is 7.99. The summed E-state index contributed by atoms with van der Waals surface area (Å²) in [7, 11) is 2.93. The van der Waals surface area contributed by atoms with Crippen molar-refractivity contribution in [2.45, 2.75) is 45.3 Å². The number of anilines is 1. The van der Waals surface area contributed by atoms with Crippen LogP contribution >= 0.6 is 23.1 Å². The smallest absolute Gasteiger partial charge is 0.263 e. The summed E-state index contributed by atoms with van der Waals surface area (Å²) < 4.78 is 11.9. The standard InChI is InChI=1S/C20H25N5O4S2/c1-6-7-8-25-18(27)16-11(2)12(3)31-17(16)24-20(25)30-10-13(26)21-19-22-14(28-4)9-15(23-19)29-5/h9H,6-8,10H2,1-5H3,(H,21,22,23,26). The first-order valence-corrected chi connectivity index (χ1v) is 11.6. The van der Waals surface area contributed by atoms with Crippen molar-refractivity contribution in [2.24, 2.45) is 0 Å². The summed E-state index contributed by atoms with van der Waals surface area (Å²) >= 11 is 2.72. The summed E-state index contributed by atoms with van der Waals surface area (Å²) in [6.07, 6.45) is 1.80. The minimum Gasteiger partial charge on any atom is -0.481 e. The second kappa shape index (κ2) is 10.1. The second-order valence-electron chi connectivity index (χ2n) is 6.78. The van der Waals surface area contributed by atoms with E-state index in [1.165, 1.54) is 43.4 Å². The Bertz CT molecular complexity index is 1140. The van der Waals surface area contributed by atoms with Crippen LogP contribution in [0, 0.1) is 13.8 Å². The van der Waals surface area contributed by atoms with Gasteiger partial charge in [-0.3, -0.25) is 19.5 Å². The van der Waals surface area contributed by atoms with Gasteiger partial charge in [0.25, 0.3) is 5.56 Å². The van der Waals surface area contributed by atoms with Crippen molar-refractivity contribution in [1.82, 2.24) is 19.5 Å². The van der Waals surface area contributed by atoms with Crippen LogP contribution < -0.4 is 20.3 Å². The highest BCUT2D eigenvalue weighted by Crippen LogP contribution is 2.28. The van der Waals surface area contributed by atoms with Gasteiger partial charge in [-0.2, -0.15) is 9.97 Å². The molecule has 3 heterocycles. The van der Waals surface area contributed by atoms with E-state index in [9.17, 15) is 9.59 Å². The fourth-order valence-electron chi connectivity index (χ4n) is 2.89. The number of carbonyl (C=O) groups excluding carboxylic acids is 1. The van der Waals surface area contributed by atoms with Crippen LogP contribution in [0.3, 0.4) is 0 Å². The number of nitrogens with one attached hydrogen (secondary N) is 1. The number of hydrogen-bond acceptors (Lipinski definition) is 9. The fraction of sp³-hybridized carbons (Fsp3) is 0.450. The molecule has 9 nitrogen and oxygen atoms in total. The van der Waals surface area contributed by atoms with E-state index in [4.69, 9.17) is 14.5 Å². The van der Waals surface area contributed by atoms with Crippen LogP contribution in [0.15, 0.2) is 16.0 Å². The molecule has 1 amide bonds. The van der Waals surface area contributed by atoms with Crippen LogP contribution in [0.5, 0.6) is 11.8 Å². The average molecular weight is 464 g/mol. The van der Waals surface area contributed by atoms with Gasteiger partial charge in [0.1, 0.15) is 4.83 Å². The number of amides is 1. The van der Waals surface area contributed by atoms with E-state index in [0.29, 0.717) is 21.9 Å². The summed E-state index contributed by atoms with van der Waals surface area (Å²) in [5.74, 6) is 0.363. The molecule has 0 unspecified atom stereocenters. The third-order valence-corrected chi connectivity index (χ3v) is 6.75. The monoisotopic (exact) mass is 463 g/mol. The Morgan fingerprint density at radius 3 is 2.48 bits per heavy atom. The number of ether oxygens (including phenoxy) is 2. The molecule has 0 aromatic carbocycles. The molecule has 0 radical (unpaired) electrons. The zero-order chi connectivity index (χ0) is 22.5. The average Bonchev–Trinajstić information content (AvgIpc) is 3.04. The van der Waals surface area contributed by atoms with Crippen molar-refractivity contribution in [3.05, 3.63) is 26.9 Å². The highest BCUT2D eigenvalue weighted by Gasteiger charge is 2.18. The number of methoxy groups -OCH3 is 2. The van der Waals surface area contributed by atoms with Crippen LogP contribution in [-0.4, -0.2) is 45.4 Å². The molecule has 3 rings (SSSR count). The Morgan fingerprint density at radius 2 is 1.87 bits per heavy atom. The van der Waals surface area contributed by atoms with Crippen LogP contribution in [0.1, 0.15) is 30.2 Å². The number of hydrogen-bond donors (Lipinski definition) is 1. The number of unbranched alkanes of at least 4 members (excludes halogenated alkanes) is 1. The summed E-state index contributed by atoms with van der Waals surface area (Å²) in [5, 5.41) is 3.84. The van der Waals surface area contributed by atoms with E-state index in [0.717, 1.165) is 23.3 Å². The Labute approximate surface area is 188 Å². The zero-order valence-electron chi connectivity index (χ0n) is 18.1. The lowest BCUT2D eigenvalue weighted by atomic mass is 10.2. The summed E-state index contributed by atoms with van der Waals surface area (Å²) in [4.78, 5) is 40.3. The number of thioether (sulfide) groups is 1. The number of aryl methyl sites for hydroxylation is 2. The first kappa shape index (κ1) is 23.0. The lowest BCUT2D eigenvalue weighted by Gasteiger charge is -2.12. The van der Waals surface area contributed by atoms with Crippen molar-refractivity contribution in [3.8, 4) is 11.8 Å². The molecule has 0 atom stereocenters. The lowest BCUT2D eigenvalue weighted by Crippen LogP contribution is -2.24. The molecule has 0 saturated heterocycles. The largest absolute Gasteiger partial charge is 0.481 e. The minimum atomic E-state index is -0.324. The SMILES string of the molecule is CCCCn1c(SCC(=O)Nc2nc(OC)cc(OC)n2)nc2sc(C)c(C)c2c1=O. The number of rotatable bonds is 9. The molecule has 0 aliphatic rings. The molecule has 31 heavy (non-hydrogen) atoms. The number of aromatic nitrogens is 4. The second-order valence-corrected chi connectivity index (χ2v) is 8.93. The van der Waals surface area contributed by atoms with Gasteiger partial charge in [-0.25, -0.2) is 4.98 Å². The normalized spacial score (nSPS) is 11.0. The predicted octanol–water partition coefficient (Wildman–Crippen LogP) is 3.41. The molecule has 166 valence electrons. The topological polar surface area (TPSA) is 108 Å². The first-order valence-electron chi connectivity index (χ1n) is 9.78. The Hall–Kier alpha value is -2.66. The maximum Gasteiger partial charge on any atom is 0.263 e. The van der Waals surface area contributed by atoms with Gasteiger partial charge >= 0.3 is 0 Å². The van der Waals surface area contributed by atoms with Crippen LogP contribution in [0.25, 0.3) is 10.2 Å². The molecular formula is C20H25N5O4S2. The van der Waals surface area contributed by atoms with Crippen LogP contribution in [-0.2, 0) is 11.3 Å². The van der Waals surface area contributed by atoms with Gasteiger partial charge in [0.15, 0.2) is 5.16 Å². The van der Waals surface area contributed by atoms with Gasteiger partial charge in [-0.05, 0) is 25.8 Å². The van der Waals surface area contributed by atoms with E-state index in [1.807, 2.05) is 13.8 Å². The third-order valence-electron chi connectivity index (χ3n) is 4.67. The highest BCUT2D eigenvalue weighted by atomic mass is 32.2. The molecule has 3 aromatic rings. The maximum atomic E-state index is 13.1. The summed E-state index contributed by atoms with van der Waals surface area (Å²) in [6.45, 7) is 6.57. The van der Waals surface area contributed by atoms with E-state index < -0.39 is 0 Å². The van der Waals surface area contributed by atoms with Gasteiger partial charge in [0, 0.05) is 11.4 Å². The van der Waals surface area contributed by atoms with Gasteiger partial charge in [0.05, 0.1) is 31.4 Å². The van der Waals surface area contributed by atoms with Gasteiger partial charge in [-0.15, -0.1) is 11.3 Å². The first-order chi connectivity index (χ1) is 14.9. The fourth-order valence-corrected chi connectivity index (χ4v) is 4.79. The maximum absolute atomic E-state index is 13.1. The van der Waals surface area contributed by atoms with Crippen molar-refractivity contribution in [1.29, 1.82) is 0 Å². The van der Waals surface area contributed by atoms with E-state index >= 15 is 0 Å². The van der Waals surface area contributed by atoms with Crippen molar-refractivity contribution < 1.29 is 14.3 Å². The van der Waals surface area contributed by atoms with Crippen molar-refractivity contribution >= 4 is 45.2 Å². The molecule has 0 aliphatic carbocycles.